The van der Waals surface area contributed by atoms with Crippen molar-refractivity contribution < 1.29 is 22.5 Å². The van der Waals surface area contributed by atoms with Crippen LogP contribution in [0.5, 0.6) is 0 Å². The Morgan fingerprint density at radius 2 is 2.00 bits per heavy atom. The van der Waals surface area contributed by atoms with Gasteiger partial charge in [-0.2, -0.15) is 13.7 Å². The third kappa shape index (κ3) is 24.5. The molecule has 0 unspecified atom stereocenters. The highest BCUT2D eigenvalue weighted by atomic mass is 32.2. The Kier molecular flexibility index (Phi) is 8.52. The van der Waals surface area contributed by atoms with Gasteiger partial charge >= 0.3 is 5.97 Å². The van der Waals surface area contributed by atoms with Gasteiger partial charge in [0.05, 0.1) is 18.7 Å². The van der Waals surface area contributed by atoms with E-state index in [1.165, 1.54) is 0 Å². The van der Waals surface area contributed by atoms with Crippen molar-refractivity contribution in [1.82, 2.24) is 0 Å². The minimum absolute atomic E-state index is 0.155. The molecule has 0 spiro atoms. The van der Waals surface area contributed by atoms with Crippen molar-refractivity contribution >= 4 is 16.1 Å². The van der Waals surface area contributed by atoms with Gasteiger partial charge in [0.15, 0.2) is 0 Å². The van der Waals surface area contributed by atoms with Crippen LogP contribution in [0.1, 0.15) is 13.3 Å². The molecule has 0 aromatic carbocycles. The molecule has 0 saturated heterocycles. The molecule has 15 heavy (non-hydrogen) atoms. The summed E-state index contributed by atoms with van der Waals surface area (Å²) >= 11 is 0. The summed E-state index contributed by atoms with van der Waals surface area (Å²) in [7, 11) is -3.67. The lowest BCUT2D eigenvalue weighted by Gasteiger charge is -1.98. The van der Waals surface area contributed by atoms with Gasteiger partial charge in [0.1, 0.15) is 6.61 Å². The molecule has 7 heteroatoms. The van der Waals surface area contributed by atoms with Gasteiger partial charge in [-0.1, -0.05) is 6.58 Å². The maximum atomic E-state index is 10.6. The Labute approximate surface area is 88.9 Å². The van der Waals surface area contributed by atoms with Crippen molar-refractivity contribution in [3.8, 4) is 6.07 Å². The molecule has 1 N–H and O–H groups in total. The molecule has 0 radical (unpaired) electrons. The van der Waals surface area contributed by atoms with E-state index in [9.17, 15) is 13.2 Å². The fourth-order valence-corrected chi connectivity index (χ4v) is 0.313. The monoisotopic (exact) mass is 235 g/mol. The second-order valence-corrected chi connectivity index (χ2v) is 4.02. The van der Waals surface area contributed by atoms with Crippen LogP contribution in [0, 0.1) is 11.3 Å². The number of hydrogen-bond acceptors (Lipinski definition) is 5. The zero-order chi connectivity index (χ0) is 12.5. The molecule has 0 saturated carbocycles. The van der Waals surface area contributed by atoms with Crippen molar-refractivity contribution in [3.05, 3.63) is 12.2 Å². The standard InChI is InChI=1S/C7H9NO2.CH4O3S/c1-6(2)7(9)10-5-3-4-8;1-5(2,3)4/h1,3,5H2,2H3;1H3,(H,2,3,4). The molecule has 0 aliphatic rings. The lowest BCUT2D eigenvalue weighted by atomic mass is 10.4. The summed E-state index contributed by atoms with van der Waals surface area (Å²) < 4.78 is 30.5. The van der Waals surface area contributed by atoms with E-state index in [1.807, 2.05) is 6.07 Å². The van der Waals surface area contributed by atoms with Gasteiger partial charge in [-0.3, -0.25) is 4.55 Å². The Bertz CT molecular complexity index is 344. The molecule has 0 heterocycles. The first-order valence-corrected chi connectivity index (χ1v) is 5.65. The molecule has 0 aliphatic carbocycles. The van der Waals surface area contributed by atoms with E-state index >= 15 is 0 Å². The Balaban J connectivity index is 0. The van der Waals surface area contributed by atoms with Gasteiger partial charge in [-0.25, -0.2) is 4.79 Å². The smallest absolute Gasteiger partial charge is 0.333 e. The highest BCUT2D eigenvalue weighted by Gasteiger charge is 2.00. The normalized spacial score (nSPS) is 9.20. The zero-order valence-corrected chi connectivity index (χ0v) is 9.37. The molecule has 0 fully saturated rings. The number of nitrogens with zero attached hydrogens (tertiary/aromatic N) is 1. The van der Waals surface area contributed by atoms with Crippen LogP contribution >= 0.6 is 0 Å². The third-order valence-corrected chi connectivity index (χ3v) is 0.795. The predicted octanol–water partition coefficient (Wildman–Crippen LogP) is 0.523. The average molecular weight is 235 g/mol. The topological polar surface area (TPSA) is 104 Å². The van der Waals surface area contributed by atoms with Crippen LogP contribution in [0.25, 0.3) is 0 Å². The SMILES string of the molecule is C=C(C)C(=O)OCCC#N.CS(=O)(=O)O. The molecule has 0 rings (SSSR count). The number of hydrogen-bond donors (Lipinski definition) is 1. The number of ether oxygens (including phenoxy) is 1. The van der Waals surface area contributed by atoms with E-state index in [1.54, 1.807) is 6.92 Å². The van der Waals surface area contributed by atoms with Crippen LogP contribution in [0.4, 0.5) is 0 Å². The quantitative estimate of drug-likeness (QED) is 0.331. The minimum atomic E-state index is -3.67. The van der Waals surface area contributed by atoms with Crippen LogP contribution in [0.3, 0.4) is 0 Å². The van der Waals surface area contributed by atoms with E-state index < -0.39 is 16.1 Å². The Morgan fingerprint density at radius 1 is 1.60 bits per heavy atom. The third-order valence-electron chi connectivity index (χ3n) is 0.795. The minimum Gasteiger partial charge on any atom is -0.461 e. The first-order valence-electron chi connectivity index (χ1n) is 3.80. The average Bonchev–Trinajstić information content (AvgIpc) is 2.01. The van der Waals surface area contributed by atoms with Gasteiger partial charge in [-0.15, -0.1) is 0 Å². The highest BCUT2D eigenvalue weighted by Crippen LogP contribution is 1.91. The summed E-state index contributed by atoms with van der Waals surface area (Å²) in [5.41, 5.74) is 0.359. The molecule has 0 aromatic heterocycles. The summed E-state index contributed by atoms with van der Waals surface area (Å²) in [6.07, 6.45) is 0.950. The molecular formula is C8H13NO5S. The van der Waals surface area contributed by atoms with Crippen LogP contribution in [-0.2, 0) is 19.6 Å². The second kappa shape index (κ2) is 7.96. The van der Waals surface area contributed by atoms with Gasteiger partial charge in [0, 0.05) is 5.57 Å². The molecule has 6 nitrogen and oxygen atoms in total. The lowest BCUT2D eigenvalue weighted by molar-refractivity contribution is -0.138. The van der Waals surface area contributed by atoms with Crippen LogP contribution in [0.2, 0.25) is 0 Å². The summed E-state index contributed by atoms with van der Waals surface area (Å²) in [4.78, 5) is 10.6. The van der Waals surface area contributed by atoms with Crippen molar-refractivity contribution in [3.63, 3.8) is 0 Å². The van der Waals surface area contributed by atoms with E-state index in [-0.39, 0.29) is 13.0 Å². The summed E-state index contributed by atoms with van der Waals surface area (Å²) in [5.74, 6) is -0.435. The highest BCUT2D eigenvalue weighted by molar-refractivity contribution is 7.85. The van der Waals surface area contributed by atoms with Gasteiger partial charge < -0.3 is 4.74 Å². The first kappa shape index (κ1) is 16.1. The van der Waals surface area contributed by atoms with Crippen molar-refractivity contribution in [1.29, 1.82) is 5.26 Å². The summed E-state index contributed by atoms with van der Waals surface area (Å²) in [6.45, 7) is 5.10. The molecule has 0 bridgehead atoms. The fourth-order valence-electron chi connectivity index (χ4n) is 0.313. The van der Waals surface area contributed by atoms with E-state index in [0.29, 0.717) is 11.8 Å². The van der Waals surface area contributed by atoms with Crippen molar-refractivity contribution in [2.45, 2.75) is 13.3 Å². The van der Waals surface area contributed by atoms with Crippen molar-refractivity contribution in [2.24, 2.45) is 0 Å². The molecule has 0 aromatic rings. The fraction of sp³-hybridized carbons (Fsp3) is 0.500. The van der Waals surface area contributed by atoms with E-state index in [0.717, 1.165) is 0 Å². The first-order chi connectivity index (χ1) is 6.68. The predicted molar refractivity (Wildman–Crippen MR) is 53.5 cm³/mol. The molecular weight excluding hydrogens is 222 g/mol. The number of esters is 1. The molecule has 0 atom stereocenters. The molecule has 86 valence electrons. The number of nitriles is 1. The molecule has 0 aliphatic heterocycles. The Hall–Kier alpha value is -1.39. The van der Waals surface area contributed by atoms with Gasteiger partial charge in [0.25, 0.3) is 10.1 Å². The lowest BCUT2D eigenvalue weighted by Crippen LogP contribution is -2.05. The molecule has 0 amide bonds. The summed E-state index contributed by atoms with van der Waals surface area (Å²) in [5, 5.41) is 8.05. The number of rotatable bonds is 3. The van der Waals surface area contributed by atoms with Gasteiger partial charge in [0.2, 0.25) is 0 Å². The van der Waals surface area contributed by atoms with Crippen LogP contribution < -0.4 is 0 Å². The Morgan fingerprint density at radius 3 is 2.27 bits per heavy atom. The van der Waals surface area contributed by atoms with Gasteiger partial charge in [-0.05, 0) is 6.92 Å². The van der Waals surface area contributed by atoms with E-state index in [4.69, 9.17) is 9.81 Å². The van der Waals surface area contributed by atoms with Crippen LogP contribution in [0.15, 0.2) is 12.2 Å². The van der Waals surface area contributed by atoms with E-state index in [2.05, 4.69) is 11.3 Å². The van der Waals surface area contributed by atoms with Crippen molar-refractivity contribution in [2.75, 3.05) is 12.9 Å². The van der Waals surface area contributed by atoms with Crippen LogP contribution in [-0.4, -0.2) is 31.8 Å². The summed E-state index contributed by atoms with van der Waals surface area (Å²) in [6, 6.07) is 1.86. The second-order valence-electron chi connectivity index (χ2n) is 2.56. The largest absolute Gasteiger partial charge is 0.461 e. The maximum absolute atomic E-state index is 10.6. The maximum Gasteiger partial charge on any atom is 0.333 e. The zero-order valence-electron chi connectivity index (χ0n) is 8.56. The number of carbonyl (C=O) groups is 1. The number of carbonyl (C=O) groups excluding carboxylic acids is 1.